The van der Waals surface area contributed by atoms with Crippen LogP contribution in [0.4, 0.5) is 0 Å². The number of aliphatic carboxylic acids is 1. The van der Waals surface area contributed by atoms with Crippen molar-refractivity contribution < 1.29 is 14.7 Å². The van der Waals surface area contributed by atoms with Crippen LogP contribution in [0.1, 0.15) is 61.0 Å². The van der Waals surface area contributed by atoms with Crippen LogP contribution in [0.25, 0.3) is 16.9 Å². The summed E-state index contributed by atoms with van der Waals surface area (Å²) in [5.74, 6) is -1.30. The summed E-state index contributed by atoms with van der Waals surface area (Å²) < 4.78 is 3.39. The molecule has 0 saturated heterocycles. The SMILES string of the molecule is Cc1ccn([C@@H](CC(C)C)C(=O)N[C@@H](CC(=O)O)c2cc(-c3c(C)cccc3C)n3ccnc3c2)c(=O)c1. The maximum Gasteiger partial charge on any atom is 0.305 e. The molecular formula is C30H34N4O4. The van der Waals surface area contributed by atoms with Crippen molar-refractivity contribution in [2.24, 2.45) is 5.92 Å². The molecule has 0 aliphatic carbocycles. The zero-order valence-corrected chi connectivity index (χ0v) is 22.4. The summed E-state index contributed by atoms with van der Waals surface area (Å²) >= 11 is 0. The highest BCUT2D eigenvalue weighted by Crippen LogP contribution is 2.31. The van der Waals surface area contributed by atoms with Gasteiger partial charge in [-0.3, -0.25) is 18.8 Å². The fourth-order valence-electron chi connectivity index (χ4n) is 4.99. The molecule has 1 amide bonds. The minimum absolute atomic E-state index is 0.133. The maximum atomic E-state index is 13.7. The predicted molar refractivity (Wildman–Crippen MR) is 147 cm³/mol. The van der Waals surface area contributed by atoms with Crippen molar-refractivity contribution in [2.45, 2.75) is 59.5 Å². The predicted octanol–water partition coefficient (Wildman–Crippen LogP) is 5.01. The second-order valence-corrected chi connectivity index (χ2v) is 10.4. The number of amides is 1. The summed E-state index contributed by atoms with van der Waals surface area (Å²) in [6.45, 7) is 9.86. The standard InChI is InChI=1S/C30H34N4O4/c1-18(2)13-25(34-11-9-19(3)14-27(34)35)30(38)32-23(17-28(36)37)22-15-24(33-12-10-31-26(33)16-22)29-20(4)7-6-8-21(29)5/h6-12,14-16,18,23,25H,13,17H2,1-5H3,(H,32,38)(H,36,37)/t23-,25-/m0/s1. The van der Waals surface area contributed by atoms with Gasteiger partial charge in [0.15, 0.2) is 0 Å². The first-order valence-electron chi connectivity index (χ1n) is 12.8. The number of rotatable bonds is 9. The number of hydrogen-bond donors (Lipinski definition) is 2. The van der Waals surface area contributed by atoms with E-state index in [2.05, 4.69) is 10.3 Å². The average Bonchev–Trinajstić information content (AvgIpc) is 3.31. The molecule has 0 saturated carbocycles. The number of carboxylic acid groups (broad SMARTS) is 1. The lowest BCUT2D eigenvalue weighted by Gasteiger charge is -2.25. The molecule has 3 aromatic heterocycles. The number of carbonyl (C=O) groups excluding carboxylic acids is 1. The topological polar surface area (TPSA) is 106 Å². The quantitative estimate of drug-likeness (QED) is 0.327. The van der Waals surface area contributed by atoms with Gasteiger partial charge in [-0.15, -0.1) is 0 Å². The monoisotopic (exact) mass is 514 g/mol. The highest BCUT2D eigenvalue weighted by atomic mass is 16.4. The van der Waals surface area contributed by atoms with Crippen molar-refractivity contribution in [3.05, 3.63) is 93.7 Å². The molecule has 0 bridgehead atoms. The van der Waals surface area contributed by atoms with Crippen LogP contribution in [-0.4, -0.2) is 30.9 Å². The van der Waals surface area contributed by atoms with Crippen LogP contribution < -0.4 is 10.9 Å². The number of pyridine rings is 2. The molecule has 0 radical (unpaired) electrons. The fourth-order valence-corrected chi connectivity index (χ4v) is 4.99. The second-order valence-electron chi connectivity index (χ2n) is 10.4. The van der Waals surface area contributed by atoms with E-state index in [4.69, 9.17) is 0 Å². The Morgan fingerprint density at radius 3 is 2.37 bits per heavy atom. The zero-order valence-electron chi connectivity index (χ0n) is 22.4. The van der Waals surface area contributed by atoms with Crippen molar-refractivity contribution in [3.63, 3.8) is 0 Å². The van der Waals surface area contributed by atoms with E-state index in [9.17, 15) is 19.5 Å². The molecule has 0 aliphatic heterocycles. The minimum atomic E-state index is -1.04. The highest BCUT2D eigenvalue weighted by molar-refractivity contribution is 5.82. The molecule has 8 heteroatoms. The van der Waals surface area contributed by atoms with Gasteiger partial charge in [0.25, 0.3) is 5.56 Å². The third-order valence-corrected chi connectivity index (χ3v) is 6.80. The second kappa shape index (κ2) is 11.0. The van der Waals surface area contributed by atoms with Gasteiger partial charge in [0.05, 0.1) is 18.2 Å². The Labute approximate surface area is 222 Å². The van der Waals surface area contributed by atoms with E-state index in [1.807, 2.05) is 69.5 Å². The van der Waals surface area contributed by atoms with Crippen molar-refractivity contribution in [1.29, 1.82) is 0 Å². The Morgan fingerprint density at radius 1 is 1.03 bits per heavy atom. The Hall–Kier alpha value is -4.20. The molecule has 0 unspecified atom stereocenters. The first kappa shape index (κ1) is 26.9. The van der Waals surface area contributed by atoms with Gasteiger partial charge in [0.2, 0.25) is 5.91 Å². The van der Waals surface area contributed by atoms with E-state index >= 15 is 0 Å². The lowest BCUT2D eigenvalue weighted by atomic mass is 9.95. The minimum Gasteiger partial charge on any atom is -0.481 e. The maximum absolute atomic E-state index is 13.7. The largest absolute Gasteiger partial charge is 0.481 e. The van der Waals surface area contributed by atoms with Gasteiger partial charge >= 0.3 is 5.97 Å². The smallest absolute Gasteiger partial charge is 0.305 e. The summed E-state index contributed by atoms with van der Waals surface area (Å²) in [5.41, 5.74) is 5.88. The van der Waals surface area contributed by atoms with Gasteiger partial charge in [-0.25, -0.2) is 4.98 Å². The molecule has 0 fully saturated rings. The van der Waals surface area contributed by atoms with E-state index < -0.39 is 24.0 Å². The fraction of sp³-hybridized carbons (Fsp3) is 0.333. The first-order chi connectivity index (χ1) is 18.0. The van der Waals surface area contributed by atoms with Crippen LogP contribution in [0, 0.1) is 26.7 Å². The Balaban J connectivity index is 1.79. The summed E-state index contributed by atoms with van der Waals surface area (Å²) in [5, 5.41) is 12.7. The van der Waals surface area contributed by atoms with Crippen LogP contribution in [0.15, 0.2) is 65.8 Å². The van der Waals surface area contributed by atoms with Gasteiger partial charge in [-0.05, 0) is 73.6 Å². The van der Waals surface area contributed by atoms with Crippen LogP contribution >= 0.6 is 0 Å². The number of nitrogens with zero attached hydrogens (tertiary/aromatic N) is 3. The van der Waals surface area contributed by atoms with E-state index in [-0.39, 0.29) is 17.9 Å². The molecule has 3 heterocycles. The van der Waals surface area contributed by atoms with Crippen molar-refractivity contribution in [2.75, 3.05) is 0 Å². The molecule has 38 heavy (non-hydrogen) atoms. The van der Waals surface area contributed by atoms with Gasteiger partial charge in [-0.2, -0.15) is 0 Å². The first-order valence-corrected chi connectivity index (χ1v) is 12.8. The zero-order chi connectivity index (χ0) is 27.6. The molecule has 4 aromatic rings. The molecular weight excluding hydrogens is 480 g/mol. The summed E-state index contributed by atoms with van der Waals surface area (Å²) in [7, 11) is 0. The van der Waals surface area contributed by atoms with Crippen molar-refractivity contribution >= 4 is 17.5 Å². The Bertz CT molecular complexity index is 1530. The molecule has 2 N–H and O–H groups in total. The number of aryl methyl sites for hydroxylation is 3. The number of aromatic nitrogens is 3. The number of nitrogens with one attached hydrogen (secondary N) is 1. The van der Waals surface area contributed by atoms with Crippen LogP contribution in [0.2, 0.25) is 0 Å². The van der Waals surface area contributed by atoms with Crippen molar-refractivity contribution in [3.8, 4) is 11.3 Å². The highest BCUT2D eigenvalue weighted by Gasteiger charge is 2.27. The lowest BCUT2D eigenvalue weighted by Crippen LogP contribution is -2.40. The Kier molecular flexibility index (Phi) is 7.80. The van der Waals surface area contributed by atoms with Crippen LogP contribution in [-0.2, 0) is 9.59 Å². The number of imidazole rings is 1. The molecule has 2 atom stereocenters. The normalized spacial score (nSPS) is 13.0. The van der Waals surface area contributed by atoms with E-state index in [0.29, 0.717) is 17.6 Å². The molecule has 0 spiro atoms. The van der Waals surface area contributed by atoms with Crippen molar-refractivity contribution in [1.82, 2.24) is 19.3 Å². The molecule has 1 aromatic carbocycles. The van der Waals surface area contributed by atoms with Gasteiger partial charge in [0, 0.05) is 30.2 Å². The van der Waals surface area contributed by atoms with E-state index in [1.165, 1.54) is 10.6 Å². The summed E-state index contributed by atoms with van der Waals surface area (Å²) in [6.07, 6.45) is 5.32. The van der Waals surface area contributed by atoms with E-state index in [1.54, 1.807) is 24.5 Å². The number of carbonyl (C=O) groups is 2. The number of hydrogen-bond acceptors (Lipinski definition) is 4. The number of carboxylic acids is 1. The molecule has 4 rings (SSSR count). The lowest BCUT2D eigenvalue weighted by molar-refractivity contribution is -0.138. The van der Waals surface area contributed by atoms with Gasteiger partial charge < -0.3 is 15.0 Å². The van der Waals surface area contributed by atoms with Gasteiger partial charge in [-0.1, -0.05) is 32.0 Å². The third-order valence-electron chi connectivity index (χ3n) is 6.80. The summed E-state index contributed by atoms with van der Waals surface area (Å²) in [6, 6.07) is 11.5. The average molecular weight is 515 g/mol. The number of benzene rings is 1. The van der Waals surface area contributed by atoms with Crippen LogP contribution in [0.3, 0.4) is 0 Å². The number of fused-ring (bicyclic) bond motifs is 1. The summed E-state index contributed by atoms with van der Waals surface area (Å²) in [4.78, 5) is 42.8. The third kappa shape index (κ3) is 5.69. The molecule has 8 nitrogen and oxygen atoms in total. The molecule has 198 valence electrons. The van der Waals surface area contributed by atoms with Crippen LogP contribution in [0.5, 0.6) is 0 Å². The Morgan fingerprint density at radius 2 is 1.74 bits per heavy atom. The van der Waals surface area contributed by atoms with Gasteiger partial charge in [0.1, 0.15) is 11.7 Å². The molecule has 0 aliphatic rings. The van der Waals surface area contributed by atoms with E-state index in [0.717, 1.165) is 27.9 Å².